The third-order valence-corrected chi connectivity index (χ3v) is 3.61. The van der Waals surface area contributed by atoms with E-state index >= 15 is 0 Å². The molecule has 2 N–H and O–H groups in total. The molecule has 0 spiro atoms. The number of rotatable bonds is 4. The van der Waals surface area contributed by atoms with E-state index in [1.807, 2.05) is 18.2 Å². The number of phenolic OH excluding ortho intramolecular Hbond substituents is 1. The van der Waals surface area contributed by atoms with Gasteiger partial charge in [0.1, 0.15) is 5.75 Å². The molecule has 0 saturated heterocycles. The van der Waals surface area contributed by atoms with Gasteiger partial charge in [0.05, 0.1) is 16.3 Å². The Balaban J connectivity index is 2.01. The van der Waals surface area contributed by atoms with Crippen molar-refractivity contribution in [1.29, 1.82) is 0 Å². The number of aromatic amines is 1. The Morgan fingerprint density at radius 2 is 1.96 bits per heavy atom. The third-order valence-electron chi connectivity index (χ3n) is 3.61. The Bertz CT molecular complexity index is 1020. The molecule has 3 rings (SSSR count). The summed E-state index contributed by atoms with van der Waals surface area (Å²) in [7, 11) is 0. The van der Waals surface area contributed by atoms with Crippen molar-refractivity contribution in [2.45, 2.75) is 6.92 Å². The highest BCUT2D eigenvalue weighted by molar-refractivity contribution is 5.86. The molecule has 25 heavy (non-hydrogen) atoms. The fourth-order valence-corrected chi connectivity index (χ4v) is 2.34. The molecule has 0 aliphatic heterocycles. The molecule has 8 heteroatoms. The highest BCUT2D eigenvalue weighted by Gasteiger charge is 2.12. The minimum Gasteiger partial charge on any atom is -0.507 e. The van der Waals surface area contributed by atoms with Crippen LogP contribution in [0.5, 0.6) is 5.75 Å². The average molecular weight is 338 g/mol. The predicted octanol–water partition coefficient (Wildman–Crippen LogP) is 2.84. The molecule has 0 aliphatic rings. The summed E-state index contributed by atoms with van der Waals surface area (Å²) in [6, 6.07) is 12.6. The molecule has 0 saturated carbocycles. The third kappa shape index (κ3) is 3.18. The van der Waals surface area contributed by atoms with Gasteiger partial charge < -0.3 is 5.11 Å². The minimum atomic E-state index is -0.569. The van der Waals surface area contributed by atoms with E-state index in [9.17, 15) is 20.0 Å². The lowest BCUT2D eigenvalue weighted by molar-refractivity contribution is -0.384. The minimum absolute atomic E-state index is 0.153. The maximum Gasteiger partial charge on any atom is 0.297 e. The summed E-state index contributed by atoms with van der Waals surface area (Å²) in [5, 5.41) is 23.6. The van der Waals surface area contributed by atoms with Crippen molar-refractivity contribution >= 4 is 17.6 Å². The number of nitro groups is 1. The smallest absolute Gasteiger partial charge is 0.297 e. The van der Waals surface area contributed by atoms with Crippen molar-refractivity contribution in [3.05, 3.63) is 80.3 Å². The molecule has 0 aliphatic carbocycles. The van der Waals surface area contributed by atoms with Crippen LogP contribution in [0, 0.1) is 17.0 Å². The summed E-state index contributed by atoms with van der Waals surface area (Å²) in [4.78, 5) is 26.9. The maximum atomic E-state index is 12.5. The monoisotopic (exact) mass is 338 g/mol. The number of para-hydroxylation sites is 1. The number of aromatic nitrogens is 2. The molecule has 0 amide bonds. The number of benzene rings is 2. The first kappa shape index (κ1) is 16.2. The molecule has 8 nitrogen and oxygen atoms in total. The predicted molar refractivity (Wildman–Crippen MR) is 93.1 cm³/mol. The van der Waals surface area contributed by atoms with E-state index in [2.05, 4.69) is 10.1 Å². The van der Waals surface area contributed by atoms with E-state index in [4.69, 9.17) is 0 Å². The lowest BCUT2D eigenvalue weighted by Crippen LogP contribution is -2.13. The number of aryl methyl sites for hydroxylation is 1. The first-order valence-corrected chi connectivity index (χ1v) is 7.36. The first-order chi connectivity index (χ1) is 12.0. The molecule has 2 aromatic carbocycles. The normalized spacial score (nSPS) is 11.1. The Labute approximate surface area is 141 Å². The number of nitro benzene ring substituents is 1. The van der Waals surface area contributed by atoms with Crippen LogP contribution in [-0.4, -0.2) is 26.0 Å². The van der Waals surface area contributed by atoms with E-state index in [0.29, 0.717) is 11.4 Å². The van der Waals surface area contributed by atoms with E-state index in [-0.39, 0.29) is 28.2 Å². The second kappa shape index (κ2) is 6.44. The fraction of sp³-hybridized carbons (Fsp3) is 0.0588. The van der Waals surface area contributed by atoms with Gasteiger partial charge in [0.2, 0.25) is 0 Å². The van der Waals surface area contributed by atoms with Crippen molar-refractivity contribution < 1.29 is 10.0 Å². The molecular formula is C17H14N4O4. The van der Waals surface area contributed by atoms with Crippen molar-refractivity contribution in [3.8, 4) is 11.4 Å². The van der Waals surface area contributed by atoms with Crippen LogP contribution < -0.4 is 5.56 Å². The molecular weight excluding hydrogens is 324 g/mol. The van der Waals surface area contributed by atoms with E-state index in [1.165, 1.54) is 29.1 Å². The quantitative estimate of drug-likeness (QED) is 0.432. The lowest BCUT2D eigenvalue weighted by atomic mass is 10.2. The Morgan fingerprint density at radius 3 is 2.64 bits per heavy atom. The lowest BCUT2D eigenvalue weighted by Gasteiger charge is -1.99. The molecule has 0 unspecified atom stereocenters. The van der Waals surface area contributed by atoms with Gasteiger partial charge in [-0.1, -0.05) is 18.2 Å². The summed E-state index contributed by atoms with van der Waals surface area (Å²) in [6.45, 7) is 1.70. The Morgan fingerprint density at radius 1 is 1.24 bits per heavy atom. The zero-order chi connectivity index (χ0) is 18.0. The largest absolute Gasteiger partial charge is 0.507 e. The summed E-state index contributed by atoms with van der Waals surface area (Å²) in [5.74, 6) is -0.161. The number of phenols is 1. The van der Waals surface area contributed by atoms with Crippen LogP contribution in [0.25, 0.3) is 5.69 Å². The molecule has 1 aromatic heterocycles. The van der Waals surface area contributed by atoms with Crippen molar-refractivity contribution in [2.24, 2.45) is 4.99 Å². The number of aliphatic imine (C=N–C) groups is 1. The number of non-ortho nitro benzene ring substituents is 1. The molecule has 0 fully saturated rings. The second-order valence-electron chi connectivity index (χ2n) is 5.32. The average Bonchev–Trinajstić information content (AvgIpc) is 2.89. The van der Waals surface area contributed by atoms with Gasteiger partial charge in [-0.15, -0.1) is 0 Å². The molecule has 0 radical (unpaired) electrons. The second-order valence-corrected chi connectivity index (χ2v) is 5.32. The maximum absolute atomic E-state index is 12.5. The summed E-state index contributed by atoms with van der Waals surface area (Å²) in [5.41, 5.74) is 0.983. The number of H-pyrrole nitrogens is 1. The number of nitrogens with zero attached hydrogens (tertiary/aromatic N) is 3. The van der Waals surface area contributed by atoms with Gasteiger partial charge in [0, 0.05) is 23.9 Å². The van der Waals surface area contributed by atoms with E-state index < -0.39 is 4.92 Å². The van der Waals surface area contributed by atoms with Gasteiger partial charge in [-0.05, 0) is 25.1 Å². The van der Waals surface area contributed by atoms with Crippen LogP contribution >= 0.6 is 0 Å². The van der Waals surface area contributed by atoms with Gasteiger partial charge in [-0.2, -0.15) is 0 Å². The SMILES string of the molecule is Cc1[nH]n(-c2ccccc2)c(=O)c1N=Cc1cc([N+](=O)[O-])ccc1O. The van der Waals surface area contributed by atoms with Crippen LogP contribution in [0.3, 0.4) is 0 Å². The standard InChI is InChI=1S/C17H14N4O4/c1-11-16(17(23)20(19-11)13-5-3-2-4-6-13)18-10-12-9-14(21(24)25)7-8-15(12)22/h2-10,19,22H,1H3. The van der Waals surface area contributed by atoms with Crippen molar-refractivity contribution in [1.82, 2.24) is 9.78 Å². The highest BCUT2D eigenvalue weighted by Crippen LogP contribution is 2.22. The molecule has 0 bridgehead atoms. The molecule has 1 heterocycles. The highest BCUT2D eigenvalue weighted by atomic mass is 16.6. The summed E-state index contributed by atoms with van der Waals surface area (Å²) in [6.07, 6.45) is 1.23. The summed E-state index contributed by atoms with van der Waals surface area (Å²) < 4.78 is 1.36. The van der Waals surface area contributed by atoms with Gasteiger partial charge in [0.15, 0.2) is 5.69 Å². The topological polar surface area (TPSA) is 114 Å². The van der Waals surface area contributed by atoms with Crippen LogP contribution in [0.2, 0.25) is 0 Å². The van der Waals surface area contributed by atoms with E-state index in [1.54, 1.807) is 19.1 Å². The van der Waals surface area contributed by atoms with Crippen molar-refractivity contribution in [2.75, 3.05) is 0 Å². The van der Waals surface area contributed by atoms with Gasteiger partial charge >= 0.3 is 0 Å². The fourth-order valence-electron chi connectivity index (χ4n) is 2.34. The number of nitrogens with one attached hydrogen (secondary N) is 1. The van der Waals surface area contributed by atoms with Crippen LogP contribution in [0.1, 0.15) is 11.3 Å². The zero-order valence-corrected chi connectivity index (χ0v) is 13.2. The summed E-state index contributed by atoms with van der Waals surface area (Å²) >= 11 is 0. The molecule has 126 valence electrons. The number of aromatic hydroxyl groups is 1. The van der Waals surface area contributed by atoms with Crippen LogP contribution in [0.15, 0.2) is 58.3 Å². The Hall–Kier alpha value is -3.68. The number of hydrogen-bond acceptors (Lipinski definition) is 5. The first-order valence-electron chi connectivity index (χ1n) is 7.36. The van der Waals surface area contributed by atoms with Crippen LogP contribution in [-0.2, 0) is 0 Å². The van der Waals surface area contributed by atoms with Gasteiger partial charge in [0.25, 0.3) is 11.2 Å². The van der Waals surface area contributed by atoms with Crippen LogP contribution in [0.4, 0.5) is 11.4 Å². The van der Waals surface area contributed by atoms with Gasteiger partial charge in [-0.25, -0.2) is 9.67 Å². The van der Waals surface area contributed by atoms with Crippen molar-refractivity contribution in [3.63, 3.8) is 0 Å². The molecule has 0 atom stereocenters. The van der Waals surface area contributed by atoms with E-state index in [0.717, 1.165) is 0 Å². The molecule has 3 aromatic rings. The van der Waals surface area contributed by atoms with Gasteiger partial charge in [-0.3, -0.25) is 20.0 Å². The number of hydrogen-bond donors (Lipinski definition) is 2. The Kier molecular flexibility index (Phi) is 4.17. The zero-order valence-electron chi connectivity index (χ0n) is 13.2.